The molecule has 4 aromatic rings. The zero-order chi connectivity index (χ0) is 19.7. The number of methoxy groups -OCH3 is 1. The Labute approximate surface area is 165 Å². The number of thiazole rings is 1. The van der Waals surface area contributed by atoms with Crippen LogP contribution >= 0.6 is 11.3 Å². The molecule has 0 aliphatic heterocycles. The van der Waals surface area contributed by atoms with E-state index in [1.165, 1.54) is 16.7 Å². The van der Waals surface area contributed by atoms with Crippen molar-refractivity contribution >= 4 is 17.3 Å². The first kappa shape index (κ1) is 17.9. The average molecular weight is 391 g/mol. The maximum Gasteiger partial charge on any atom is 0.355 e. The molecule has 28 heavy (non-hydrogen) atoms. The second-order valence-electron chi connectivity index (χ2n) is 6.12. The highest BCUT2D eigenvalue weighted by molar-refractivity contribution is 7.12. The van der Waals surface area contributed by atoms with Crippen molar-refractivity contribution in [1.82, 2.24) is 14.8 Å². The number of nitrogens with zero attached hydrogens (tertiary/aromatic N) is 3. The molecule has 2 aromatic heterocycles. The molecule has 0 bridgehead atoms. The largest absolute Gasteiger partial charge is 0.496 e. The van der Waals surface area contributed by atoms with Crippen molar-refractivity contribution in [3.05, 3.63) is 71.2 Å². The van der Waals surface area contributed by atoms with Gasteiger partial charge in [-0.3, -0.25) is 0 Å². The molecule has 0 atom stereocenters. The number of ether oxygens (including phenoxy) is 1. The Morgan fingerprint density at radius 2 is 1.82 bits per heavy atom. The quantitative estimate of drug-likeness (QED) is 0.535. The molecule has 0 radical (unpaired) electrons. The van der Waals surface area contributed by atoms with Gasteiger partial charge in [-0.05, 0) is 19.1 Å². The van der Waals surface area contributed by atoms with Crippen LogP contribution in [0.4, 0.5) is 0 Å². The first-order valence-electron chi connectivity index (χ1n) is 8.57. The standard InChI is InChI=1S/C21H17N3O3S/c1-13-18(14-8-4-3-5-9-14)23-24(21-22-16(12-28-21)20(25)26)19(13)15-10-6-7-11-17(15)27-2/h3-12H,1-2H3,(H,25,26). The van der Waals surface area contributed by atoms with Crippen LogP contribution in [0, 0.1) is 6.92 Å². The molecular weight excluding hydrogens is 374 g/mol. The van der Waals surface area contributed by atoms with Crippen LogP contribution in [0.1, 0.15) is 16.1 Å². The highest BCUT2D eigenvalue weighted by Gasteiger charge is 2.23. The Morgan fingerprint density at radius 3 is 2.50 bits per heavy atom. The summed E-state index contributed by atoms with van der Waals surface area (Å²) in [6, 6.07) is 17.6. The van der Waals surface area contributed by atoms with Crippen molar-refractivity contribution in [3.63, 3.8) is 0 Å². The number of benzene rings is 2. The predicted molar refractivity (Wildman–Crippen MR) is 108 cm³/mol. The molecule has 0 aliphatic carbocycles. The zero-order valence-electron chi connectivity index (χ0n) is 15.3. The minimum Gasteiger partial charge on any atom is -0.496 e. The van der Waals surface area contributed by atoms with E-state index in [9.17, 15) is 9.90 Å². The summed E-state index contributed by atoms with van der Waals surface area (Å²) < 4.78 is 7.25. The molecule has 0 saturated heterocycles. The number of aromatic carboxylic acids is 1. The topological polar surface area (TPSA) is 77.2 Å². The number of carbonyl (C=O) groups is 1. The van der Waals surface area contributed by atoms with E-state index in [1.807, 2.05) is 61.5 Å². The Kier molecular flexibility index (Phi) is 4.67. The van der Waals surface area contributed by atoms with Gasteiger partial charge in [-0.15, -0.1) is 11.3 Å². The van der Waals surface area contributed by atoms with Crippen LogP contribution in [0.3, 0.4) is 0 Å². The highest BCUT2D eigenvalue weighted by Crippen LogP contribution is 2.38. The molecular formula is C21H17N3O3S. The maximum absolute atomic E-state index is 11.3. The lowest BCUT2D eigenvalue weighted by molar-refractivity contribution is 0.0691. The van der Waals surface area contributed by atoms with Crippen LogP contribution < -0.4 is 4.74 Å². The minimum atomic E-state index is -1.06. The Balaban J connectivity index is 1.99. The Bertz CT molecular complexity index is 1150. The van der Waals surface area contributed by atoms with Gasteiger partial charge in [-0.1, -0.05) is 42.5 Å². The number of para-hydroxylation sites is 1. The van der Waals surface area contributed by atoms with Gasteiger partial charge in [0.1, 0.15) is 5.75 Å². The highest BCUT2D eigenvalue weighted by atomic mass is 32.1. The van der Waals surface area contributed by atoms with Gasteiger partial charge in [0.15, 0.2) is 5.69 Å². The normalized spacial score (nSPS) is 10.8. The summed E-state index contributed by atoms with van der Waals surface area (Å²) in [6.45, 7) is 2.00. The molecule has 0 amide bonds. The molecule has 6 nitrogen and oxygen atoms in total. The molecule has 140 valence electrons. The monoisotopic (exact) mass is 391 g/mol. The number of aromatic nitrogens is 3. The molecule has 2 heterocycles. The van der Waals surface area contributed by atoms with Crippen molar-refractivity contribution in [2.24, 2.45) is 0 Å². The van der Waals surface area contributed by atoms with Crippen LogP contribution in [-0.4, -0.2) is 33.0 Å². The van der Waals surface area contributed by atoms with Crippen molar-refractivity contribution in [2.75, 3.05) is 7.11 Å². The third-order valence-electron chi connectivity index (χ3n) is 4.42. The van der Waals surface area contributed by atoms with E-state index in [-0.39, 0.29) is 5.69 Å². The molecule has 0 saturated carbocycles. The lowest BCUT2D eigenvalue weighted by Gasteiger charge is -2.10. The SMILES string of the molecule is COc1ccccc1-c1c(C)c(-c2ccccc2)nn1-c1nc(C(=O)O)cs1. The van der Waals surface area contributed by atoms with Crippen LogP contribution in [0.5, 0.6) is 5.75 Å². The second-order valence-corrected chi connectivity index (χ2v) is 6.96. The second kappa shape index (κ2) is 7.28. The van der Waals surface area contributed by atoms with E-state index in [0.29, 0.717) is 10.9 Å². The van der Waals surface area contributed by atoms with E-state index >= 15 is 0 Å². The molecule has 4 rings (SSSR count). The fourth-order valence-corrected chi connectivity index (χ4v) is 3.87. The molecule has 0 unspecified atom stereocenters. The Hall–Kier alpha value is -3.45. The average Bonchev–Trinajstić information content (AvgIpc) is 3.33. The van der Waals surface area contributed by atoms with Crippen LogP contribution in [0.2, 0.25) is 0 Å². The van der Waals surface area contributed by atoms with Crippen molar-refractivity contribution < 1.29 is 14.6 Å². The van der Waals surface area contributed by atoms with Gasteiger partial charge in [-0.25, -0.2) is 14.5 Å². The van der Waals surface area contributed by atoms with Crippen molar-refractivity contribution in [1.29, 1.82) is 0 Å². The van der Waals surface area contributed by atoms with Gasteiger partial charge in [0.05, 0.1) is 18.5 Å². The summed E-state index contributed by atoms with van der Waals surface area (Å²) >= 11 is 1.24. The van der Waals surface area contributed by atoms with Gasteiger partial charge in [0, 0.05) is 22.1 Å². The van der Waals surface area contributed by atoms with Gasteiger partial charge >= 0.3 is 5.97 Å². The van der Waals surface area contributed by atoms with Gasteiger partial charge in [-0.2, -0.15) is 5.10 Å². The molecule has 0 fully saturated rings. The lowest BCUT2D eigenvalue weighted by atomic mass is 10.0. The summed E-state index contributed by atoms with van der Waals surface area (Å²) in [4.78, 5) is 15.5. The fraction of sp³-hybridized carbons (Fsp3) is 0.0952. The van der Waals surface area contributed by atoms with E-state index in [1.54, 1.807) is 11.8 Å². The Morgan fingerprint density at radius 1 is 1.11 bits per heavy atom. The third kappa shape index (κ3) is 3.05. The van der Waals surface area contributed by atoms with Crippen LogP contribution in [0.15, 0.2) is 60.0 Å². The van der Waals surface area contributed by atoms with Gasteiger partial charge in [0.25, 0.3) is 0 Å². The molecule has 1 N–H and O–H groups in total. The zero-order valence-corrected chi connectivity index (χ0v) is 16.1. The number of carboxylic acid groups (broad SMARTS) is 1. The first-order chi connectivity index (χ1) is 13.6. The molecule has 0 spiro atoms. The fourth-order valence-electron chi connectivity index (χ4n) is 3.12. The summed E-state index contributed by atoms with van der Waals surface area (Å²) in [6.07, 6.45) is 0. The van der Waals surface area contributed by atoms with E-state index in [4.69, 9.17) is 9.84 Å². The predicted octanol–water partition coefficient (Wildman–Crippen LogP) is 4.68. The van der Waals surface area contributed by atoms with E-state index in [0.717, 1.165) is 28.1 Å². The number of hydrogen-bond donors (Lipinski definition) is 1. The molecule has 7 heteroatoms. The van der Waals surface area contributed by atoms with Crippen LogP contribution in [0.25, 0.3) is 27.6 Å². The summed E-state index contributed by atoms with van der Waals surface area (Å²) in [5, 5.41) is 16.0. The maximum atomic E-state index is 11.3. The third-order valence-corrected chi connectivity index (χ3v) is 5.24. The first-order valence-corrected chi connectivity index (χ1v) is 9.45. The van der Waals surface area contributed by atoms with Crippen LogP contribution in [-0.2, 0) is 0 Å². The summed E-state index contributed by atoms with van der Waals surface area (Å²) in [5.74, 6) is -0.352. The minimum absolute atomic E-state index is 0.000362. The smallest absolute Gasteiger partial charge is 0.355 e. The van der Waals surface area contributed by atoms with E-state index < -0.39 is 5.97 Å². The van der Waals surface area contributed by atoms with Gasteiger partial charge in [0.2, 0.25) is 5.13 Å². The summed E-state index contributed by atoms with van der Waals surface area (Å²) in [7, 11) is 1.62. The number of rotatable bonds is 5. The van der Waals surface area contributed by atoms with Crippen molar-refractivity contribution in [3.8, 4) is 33.4 Å². The van der Waals surface area contributed by atoms with E-state index in [2.05, 4.69) is 4.98 Å². The lowest BCUT2D eigenvalue weighted by Crippen LogP contribution is -2.02. The van der Waals surface area contributed by atoms with Crippen molar-refractivity contribution in [2.45, 2.75) is 6.92 Å². The van der Waals surface area contributed by atoms with Gasteiger partial charge < -0.3 is 9.84 Å². The summed E-state index contributed by atoms with van der Waals surface area (Å²) in [5.41, 5.74) is 4.44. The molecule has 0 aliphatic rings. The number of hydrogen-bond acceptors (Lipinski definition) is 5. The number of carboxylic acids is 1. The molecule has 2 aromatic carbocycles.